The third kappa shape index (κ3) is 9.36. The molecule has 11 heteroatoms. The largest absolute Gasteiger partial charge is 0.354 e. The number of carbonyl (C=O) groups is 2. The number of halogens is 3. The second-order valence-corrected chi connectivity index (χ2v) is 13.0. The highest BCUT2D eigenvalue weighted by Gasteiger charge is 2.33. The molecule has 0 heterocycles. The molecule has 0 unspecified atom stereocenters. The Morgan fingerprint density at radius 2 is 1.54 bits per heavy atom. The van der Waals surface area contributed by atoms with Crippen molar-refractivity contribution in [3.63, 3.8) is 0 Å². The fourth-order valence-electron chi connectivity index (χ4n) is 4.25. The van der Waals surface area contributed by atoms with E-state index in [2.05, 4.69) is 5.32 Å². The minimum atomic E-state index is -4.00. The fourth-order valence-corrected chi connectivity index (χ4v) is 5.79. The van der Waals surface area contributed by atoms with Crippen molar-refractivity contribution < 1.29 is 18.0 Å². The summed E-state index contributed by atoms with van der Waals surface area (Å²) in [5, 5.41) is 3.20. The van der Waals surface area contributed by atoms with Crippen molar-refractivity contribution in [2.75, 3.05) is 23.7 Å². The number of hydrogen-bond acceptors (Lipinski definition) is 4. The molecule has 0 aliphatic rings. The van der Waals surface area contributed by atoms with E-state index in [0.717, 1.165) is 40.1 Å². The molecule has 0 fully saturated rings. The molecule has 41 heavy (non-hydrogen) atoms. The van der Waals surface area contributed by atoms with Crippen molar-refractivity contribution in [1.29, 1.82) is 0 Å². The summed E-state index contributed by atoms with van der Waals surface area (Å²) >= 11 is 18.6. The third-order valence-electron chi connectivity index (χ3n) is 6.51. The summed E-state index contributed by atoms with van der Waals surface area (Å²) in [5.41, 5.74) is 2.71. The molecule has 0 aliphatic heterocycles. The molecular weight excluding hydrogens is 605 g/mol. The van der Waals surface area contributed by atoms with Gasteiger partial charge in [0.05, 0.1) is 27.0 Å². The first-order valence-corrected chi connectivity index (χ1v) is 16.2. The lowest BCUT2D eigenvalue weighted by Gasteiger charge is -2.33. The van der Waals surface area contributed by atoms with Crippen LogP contribution in [0.3, 0.4) is 0 Å². The summed E-state index contributed by atoms with van der Waals surface area (Å²) in [5.74, 6) is -0.897. The van der Waals surface area contributed by atoms with Crippen LogP contribution in [0.5, 0.6) is 0 Å². The lowest BCUT2D eigenvalue weighted by atomic mass is 10.0. The van der Waals surface area contributed by atoms with Crippen LogP contribution in [0.2, 0.25) is 15.1 Å². The van der Waals surface area contributed by atoms with Gasteiger partial charge in [0.1, 0.15) is 12.6 Å². The molecule has 220 valence electrons. The van der Waals surface area contributed by atoms with Crippen LogP contribution >= 0.6 is 34.8 Å². The van der Waals surface area contributed by atoms with Crippen molar-refractivity contribution in [1.82, 2.24) is 10.2 Å². The predicted molar refractivity (Wildman–Crippen MR) is 167 cm³/mol. The molecule has 0 radical (unpaired) electrons. The summed E-state index contributed by atoms with van der Waals surface area (Å²) in [6, 6.07) is 18.7. The van der Waals surface area contributed by atoms with Crippen molar-refractivity contribution in [2.24, 2.45) is 0 Å². The van der Waals surface area contributed by atoms with Gasteiger partial charge in [-0.25, -0.2) is 8.42 Å². The zero-order chi connectivity index (χ0) is 30.2. The summed E-state index contributed by atoms with van der Waals surface area (Å²) in [4.78, 5) is 29.2. The highest BCUT2D eigenvalue weighted by Crippen LogP contribution is 2.35. The number of anilines is 1. The molecule has 3 aromatic rings. The second kappa shape index (κ2) is 14.9. The van der Waals surface area contributed by atoms with Crippen molar-refractivity contribution in [3.05, 3.63) is 98.5 Å². The number of sulfonamides is 1. The molecule has 7 nitrogen and oxygen atoms in total. The molecule has 3 aromatic carbocycles. The van der Waals surface area contributed by atoms with Crippen LogP contribution < -0.4 is 9.62 Å². The Hall–Kier alpha value is -2.78. The third-order valence-corrected chi connectivity index (χ3v) is 8.66. The summed E-state index contributed by atoms with van der Waals surface area (Å²) in [7, 11) is -4.00. The lowest BCUT2D eigenvalue weighted by Crippen LogP contribution is -2.53. The van der Waals surface area contributed by atoms with E-state index < -0.39 is 28.5 Å². The van der Waals surface area contributed by atoms with Gasteiger partial charge in [0.15, 0.2) is 0 Å². The number of benzene rings is 3. The van der Waals surface area contributed by atoms with Crippen LogP contribution in [-0.4, -0.2) is 50.5 Å². The Labute approximate surface area is 257 Å². The quantitative estimate of drug-likeness (QED) is 0.176. The van der Waals surface area contributed by atoms with Gasteiger partial charge in [-0.3, -0.25) is 13.9 Å². The maximum Gasteiger partial charge on any atom is 0.244 e. The standard InChI is InChI=1S/C30H34Cl3N3O4S/c1-4-5-15-34-30(38)28(16-22-9-7-6-8-10-22)35(19-23-13-11-21(2)12-14-23)29(37)20-36(41(3,39)40)27-18-25(32)24(31)17-26(27)33/h6-14,17-18,28H,4-5,15-16,19-20H2,1-3H3,(H,34,38)/t28-/m1/s1. The number of carbonyl (C=O) groups excluding carboxylic acids is 2. The van der Waals surface area contributed by atoms with Crippen molar-refractivity contribution >= 4 is 62.3 Å². The predicted octanol–water partition coefficient (Wildman–Crippen LogP) is 6.28. The molecule has 0 bridgehead atoms. The fraction of sp³-hybridized carbons (Fsp3) is 0.333. The molecule has 2 amide bonds. The molecule has 0 saturated heterocycles. The molecule has 1 atom stereocenters. The molecule has 0 spiro atoms. The van der Waals surface area contributed by atoms with Gasteiger partial charge in [-0.05, 0) is 36.6 Å². The Kier molecular flexibility index (Phi) is 11.9. The SMILES string of the molecule is CCCCNC(=O)[C@@H](Cc1ccccc1)N(Cc1ccc(C)cc1)C(=O)CN(c1cc(Cl)c(Cl)cc1Cl)S(C)(=O)=O. The zero-order valence-corrected chi connectivity index (χ0v) is 26.3. The average Bonchev–Trinajstić information content (AvgIpc) is 2.92. The normalized spacial score (nSPS) is 12.0. The van der Waals surface area contributed by atoms with Crippen molar-refractivity contribution in [2.45, 2.75) is 45.7 Å². The van der Waals surface area contributed by atoms with E-state index in [9.17, 15) is 18.0 Å². The van der Waals surface area contributed by atoms with Gasteiger partial charge in [-0.2, -0.15) is 0 Å². The van der Waals surface area contributed by atoms with E-state index in [4.69, 9.17) is 34.8 Å². The van der Waals surface area contributed by atoms with Crippen LogP contribution in [0, 0.1) is 6.92 Å². The Balaban J connectivity index is 2.07. The minimum Gasteiger partial charge on any atom is -0.354 e. The Morgan fingerprint density at radius 3 is 2.15 bits per heavy atom. The molecule has 0 aromatic heterocycles. The topological polar surface area (TPSA) is 86.8 Å². The van der Waals surface area contributed by atoms with Crippen LogP contribution in [0.1, 0.15) is 36.5 Å². The maximum absolute atomic E-state index is 14.1. The Bertz CT molecular complexity index is 1450. The number of aryl methyl sites for hydroxylation is 1. The van der Waals surface area contributed by atoms with Gasteiger partial charge in [0.2, 0.25) is 21.8 Å². The first kappa shape index (κ1) is 32.7. The number of nitrogens with zero attached hydrogens (tertiary/aromatic N) is 2. The lowest BCUT2D eigenvalue weighted by molar-refractivity contribution is -0.140. The van der Waals surface area contributed by atoms with Gasteiger partial charge in [0.25, 0.3) is 0 Å². The molecule has 3 rings (SSSR count). The van der Waals surface area contributed by atoms with Gasteiger partial charge < -0.3 is 10.2 Å². The van der Waals surface area contributed by atoms with Crippen molar-refractivity contribution in [3.8, 4) is 0 Å². The van der Waals surface area contributed by atoms with Crippen LogP contribution in [0.25, 0.3) is 0 Å². The maximum atomic E-state index is 14.1. The van der Waals surface area contributed by atoms with Crippen LogP contribution in [-0.2, 0) is 32.6 Å². The highest BCUT2D eigenvalue weighted by molar-refractivity contribution is 7.92. The van der Waals surface area contributed by atoms with E-state index in [0.29, 0.717) is 6.54 Å². The highest BCUT2D eigenvalue weighted by atomic mass is 35.5. The van der Waals surface area contributed by atoms with E-state index in [-0.39, 0.29) is 39.6 Å². The zero-order valence-electron chi connectivity index (χ0n) is 23.2. The van der Waals surface area contributed by atoms with Gasteiger partial charge in [0, 0.05) is 19.5 Å². The van der Waals surface area contributed by atoms with Crippen LogP contribution in [0.4, 0.5) is 5.69 Å². The van der Waals surface area contributed by atoms with E-state index in [1.165, 1.54) is 17.0 Å². The average molecular weight is 639 g/mol. The summed E-state index contributed by atoms with van der Waals surface area (Å²) in [6.45, 7) is 3.92. The Morgan fingerprint density at radius 1 is 0.902 bits per heavy atom. The summed E-state index contributed by atoms with van der Waals surface area (Å²) in [6.07, 6.45) is 2.89. The number of nitrogens with one attached hydrogen (secondary N) is 1. The number of unbranched alkanes of at least 4 members (excludes halogenated alkanes) is 1. The molecular formula is C30H34Cl3N3O4S. The van der Waals surface area contributed by atoms with Gasteiger partial charge >= 0.3 is 0 Å². The first-order chi connectivity index (χ1) is 19.4. The van der Waals surface area contributed by atoms with E-state index >= 15 is 0 Å². The monoisotopic (exact) mass is 637 g/mol. The number of amides is 2. The van der Waals surface area contributed by atoms with E-state index in [1.807, 2.05) is 68.4 Å². The van der Waals surface area contributed by atoms with Gasteiger partial charge in [-0.15, -0.1) is 0 Å². The number of rotatable bonds is 13. The minimum absolute atomic E-state index is 0.0132. The summed E-state index contributed by atoms with van der Waals surface area (Å²) < 4.78 is 26.8. The van der Waals surface area contributed by atoms with Gasteiger partial charge in [-0.1, -0.05) is 108 Å². The second-order valence-electron chi connectivity index (χ2n) is 9.84. The smallest absolute Gasteiger partial charge is 0.244 e. The first-order valence-electron chi connectivity index (χ1n) is 13.2. The molecule has 0 aliphatic carbocycles. The number of hydrogen-bond donors (Lipinski definition) is 1. The molecule has 1 N–H and O–H groups in total. The van der Waals surface area contributed by atoms with Crippen LogP contribution in [0.15, 0.2) is 66.7 Å². The molecule has 0 saturated carbocycles. The van der Waals surface area contributed by atoms with E-state index in [1.54, 1.807) is 0 Å².